The van der Waals surface area contributed by atoms with Crippen LogP contribution in [0.2, 0.25) is 0 Å². The average Bonchev–Trinajstić information content (AvgIpc) is 2.57. The molecule has 132 valence electrons. The van der Waals surface area contributed by atoms with Crippen LogP contribution in [0.15, 0.2) is 0 Å². The lowest BCUT2D eigenvalue weighted by molar-refractivity contribution is -0.324. The molecule has 0 aromatic carbocycles. The summed E-state index contributed by atoms with van der Waals surface area (Å²) < 4.78 is 106. The van der Waals surface area contributed by atoms with Gasteiger partial charge in [-0.1, -0.05) is 6.92 Å². The van der Waals surface area contributed by atoms with Crippen molar-refractivity contribution in [1.82, 2.24) is 0 Å². The molecular weight excluding hydrogens is 321 g/mol. The standard InChI is InChI=1S/C13H19F7O2/c1-4-8-6-11(9(14)15,22-7-21-5-2)13(19,20)12(8,18)10(3,16)17/h8-9H,4-7H2,1-3H3. The second kappa shape index (κ2) is 6.14. The Morgan fingerprint density at radius 1 is 1.18 bits per heavy atom. The van der Waals surface area contributed by atoms with Gasteiger partial charge in [-0.2, -0.15) is 8.78 Å². The van der Waals surface area contributed by atoms with Crippen LogP contribution in [0.1, 0.15) is 33.6 Å². The molecule has 2 nitrogen and oxygen atoms in total. The molecule has 0 N–H and O–H groups in total. The summed E-state index contributed by atoms with van der Waals surface area (Å²) in [7, 11) is 0. The molecule has 9 heteroatoms. The van der Waals surface area contributed by atoms with Crippen molar-refractivity contribution in [2.45, 2.75) is 63.2 Å². The lowest BCUT2D eigenvalue weighted by Crippen LogP contribution is -2.65. The fourth-order valence-electron chi connectivity index (χ4n) is 2.93. The molecule has 1 fully saturated rings. The van der Waals surface area contributed by atoms with Gasteiger partial charge in [0, 0.05) is 19.4 Å². The van der Waals surface area contributed by atoms with Crippen LogP contribution in [0.5, 0.6) is 0 Å². The smallest absolute Gasteiger partial charge is 0.321 e. The molecular formula is C13H19F7O2. The maximum Gasteiger partial charge on any atom is 0.321 e. The van der Waals surface area contributed by atoms with Crippen LogP contribution in [0.25, 0.3) is 0 Å². The van der Waals surface area contributed by atoms with E-state index >= 15 is 0 Å². The number of halogens is 7. The molecule has 1 rings (SSSR count). The molecule has 0 spiro atoms. The van der Waals surface area contributed by atoms with E-state index in [4.69, 9.17) is 0 Å². The van der Waals surface area contributed by atoms with Gasteiger partial charge < -0.3 is 9.47 Å². The quantitative estimate of drug-likeness (QED) is 0.388. The Bertz CT molecular complexity index is 385. The molecule has 1 aliphatic carbocycles. The Kier molecular flexibility index (Phi) is 5.44. The molecule has 3 atom stereocenters. The van der Waals surface area contributed by atoms with Gasteiger partial charge in [0.15, 0.2) is 5.60 Å². The lowest BCUT2D eigenvalue weighted by atomic mass is 9.83. The number of hydrogen-bond acceptors (Lipinski definition) is 2. The SMILES string of the molecule is CCOCOC1(C(F)F)CC(CC)C(F)(C(C)(F)F)C1(F)F. The number of rotatable bonds is 7. The average molecular weight is 340 g/mol. The maximum atomic E-state index is 14.7. The van der Waals surface area contributed by atoms with Gasteiger partial charge in [-0.15, -0.1) is 0 Å². The van der Waals surface area contributed by atoms with E-state index in [9.17, 15) is 30.7 Å². The zero-order valence-corrected chi connectivity index (χ0v) is 12.4. The minimum Gasteiger partial charge on any atom is -0.356 e. The summed E-state index contributed by atoms with van der Waals surface area (Å²) in [6.45, 7) is 1.63. The van der Waals surface area contributed by atoms with Crippen LogP contribution < -0.4 is 0 Å². The van der Waals surface area contributed by atoms with Gasteiger partial charge in [-0.25, -0.2) is 22.0 Å². The fraction of sp³-hybridized carbons (Fsp3) is 1.00. The van der Waals surface area contributed by atoms with Crippen LogP contribution in [0.3, 0.4) is 0 Å². The van der Waals surface area contributed by atoms with Crippen molar-refractivity contribution < 1.29 is 40.2 Å². The number of alkyl halides is 7. The first-order chi connectivity index (χ1) is 9.92. The van der Waals surface area contributed by atoms with E-state index in [0.717, 1.165) is 0 Å². The summed E-state index contributed by atoms with van der Waals surface area (Å²) in [6, 6.07) is 0. The highest BCUT2D eigenvalue weighted by atomic mass is 19.3. The van der Waals surface area contributed by atoms with Crippen molar-refractivity contribution in [2.24, 2.45) is 5.92 Å². The summed E-state index contributed by atoms with van der Waals surface area (Å²) in [5, 5.41) is 0. The van der Waals surface area contributed by atoms with Crippen LogP contribution >= 0.6 is 0 Å². The molecule has 0 aliphatic heterocycles. The van der Waals surface area contributed by atoms with E-state index in [1.54, 1.807) is 0 Å². The van der Waals surface area contributed by atoms with E-state index in [2.05, 4.69) is 9.47 Å². The van der Waals surface area contributed by atoms with Crippen LogP contribution in [0, 0.1) is 5.92 Å². The van der Waals surface area contributed by atoms with Crippen molar-refractivity contribution in [2.75, 3.05) is 13.4 Å². The molecule has 0 heterocycles. The van der Waals surface area contributed by atoms with Crippen molar-refractivity contribution in [3.63, 3.8) is 0 Å². The molecule has 0 radical (unpaired) electrons. The van der Waals surface area contributed by atoms with E-state index < -0.39 is 55.1 Å². The third kappa shape index (κ3) is 2.50. The summed E-state index contributed by atoms with van der Waals surface area (Å²) in [4.78, 5) is 0. The molecule has 1 aliphatic rings. The molecule has 3 unspecified atom stereocenters. The van der Waals surface area contributed by atoms with E-state index in [-0.39, 0.29) is 13.5 Å². The Morgan fingerprint density at radius 3 is 2.05 bits per heavy atom. The summed E-state index contributed by atoms with van der Waals surface area (Å²) >= 11 is 0. The van der Waals surface area contributed by atoms with Gasteiger partial charge in [-0.05, 0) is 19.8 Å². The molecule has 0 amide bonds. The van der Waals surface area contributed by atoms with Gasteiger partial charge in [0.25, 0.3) is 12.3 Å². The topological polar surface area (TPSA) is 18.5 Å². The third-order valence-electron chi connectivity index (χ3n) is 4.19. The molecule has 1 saturated carbocycles. The first-order valence-electron chi connectivity index (χ1n) is 6.86. The van der Waals surface area contributed by atoms with Crippen molar-refractivity contribution in [3.05, 3.63) is 0 Å². The molecule has 0 aromatic rings. The van der Waals surface area contributed by atoms with Crippen LogP contribution in [0.4, 0.5) is 30.7 Å². The summed E-state index contributed by atoms with van der Waals surface area (Å²) in [5.41, 5.74) is -8.06. The second-order valence-electron chi connectivity index (χ2n) is 5.43. The minimum atomic E-state index is -5.08. The maximum absolute atomic E-state index is 14.7. The van der Waals surface area contributed by atoms with Crippen molar-refractivity contribution >= 4 is 0 Å². The van der Waals surface area contributed by atoms with Crippen LogP contribution in [-0.2, 0) is 9.47 Å². The molecule has 0 bridgehead atoms. The Labute approximate surface area is 123 Å². The second-order valence-corrected chi connectivity index (χ2v) is 5.43. The van der Waals surface area contributed by atoms with Crippen LogP contribution in [-0.4, -0.2) is 42.9 Å². The monoisotopic (exact) mass is 340 g/mol. The minimum absolute atomic E-state index is 0.0210. The lowest BCUT2D eigenvalue weighted by Gasteiger charge is -2.40. The first kappa shape index (κ1) is 19.5. The number of hydrogen-bond donors (Lipinski definition) is 0. The Morgan fingerprint density at radius 2 is 1.73 bits per heavy atom. The first-order valence-corrected chi connectivity index (χ1v) is 6.86. The fourth-order valence-corrected chi connectivity index (χ4v) is 2.93. The Hall–Kier alpha value is -0.570. The molecule has 0 saturated heterocycles. The zero-order chi connectivity index (χ0) is 17.4. The normalized spacial score (nSPS) is 35.3. The molecule has 22 heavy (non-hydrogen) atoms. The predicted molar refractivity (Wildman–Crippen MR) is 64.1 cm³/mol. The summed E-state index contributed by atoms with van der Waals surface area (Å²) in [5.74, 6) is -11.6. The summed E-state index contributed by atoms with van der Waals surface area (Å²) in [6.07, 6.45) is -5.53. The zero-order valence-electron chi connectivity index (χ0n) is 12.4. The van der Waals surface area contributed by atoms with E-state index in [1.807, 2.05) is 0 Å². The highest BCUT2D eigenvalue weighted by Gasteiger charge is 2.85. The van der Waals surface area contributed by atoms with Gasteiger partial charge in [0.1, 0.15) is 6.79 Å². The van der Waals surface area contributed by atoms with Crippen molar-refractivity contribution in [1.29, 1.82) is 0 Å². The highest BCUT2D eigenvalue weighted by Crippen LogP contribution is 2.64. The van der Waals surface area contributed by atoms with Crippen molar-refractivity contribution in [3.8, 4) is 0 Å². The largest absolute Gasteiger partial charge is 0.356 e. The third-order valence-corrected chi connectivity index (χ3v) is 4.19. The molecule has 0 aromatic heterocycles. The van der Waals surface area contributed by atoms with Gasteiger partial charge >= 0.3 is 5.92 Å². The van der Waals surface area contributed by atoms with Gasteiger partial charge in [-0.3, -0.25) is 0 Å². The van der Waals surface area contributed by atoms with E-state index in [1.165, 1.54) is 13.8 Å². The highest BCUT2D eigenvalue weighted by molar-refractivity contribution is 5.22. The van der Waals surface area contributed by atoms with Gasteiger partial charge in [0.05, 0.1) is 0 Å². The van der Waals surface area contributed by atoms with E-state index in [0.29, 0.717) is 0 Å². The van der Waals surface area contributed by atoms with Gasteiger partial charge in [0.2, 0.25) is 5.67 Å². The Balaban J connectivity index is 3.36. The predicted octanol–water partition coefficient (Wildman–Crippen LogP) is 4.43. The number of ether oxygens (including phenoxy) is 2.